The number of rotatable bonds is 6. The smallest absolute Gasteiger partial charge is 0.248 e. The number of sulfone groups is 1. The third kappa shape index (κ3) is 6.85. The monoisotopic (exact) mass is 223 g/mol. The number of methoxy groups -OCH3 is 1. The summed E-state index contributed by atoms with van der Waals surface area (Å²) in [5.41, 5.74) is 0. The van der Waals surface area contributed by atoms with Crippen LogP contribution in [0.3, 0.4) is 0 Å². The topological polar surface area (TPSA) is 72.5 Å². The van der Waals surface area contributed by atoms with Crippen LogP contribution in [0.2, 0.25) is 0 Å². The highest BCUT2D eigenvalue weighted by Crippen LogP contribution is 1.89. The number of ether oxygens (including phenoxy) is 1. The predicted molar refractivity (Wildman–Crippen MR) is 53.8 cm³/mol. The van der Waals surface area contributed by atoms with Gasteiger partial charge in [-0.2, -0.15) is 0 Å². The van der Waals surface area contributed by atoms with Gasteiger partial charge in [0.2, 0.25) is 5.91 Å². The lowest BCUT2D eigenvalue weighted by atomic mass is 10.3. The molecule has 0 fully saturated rings. The number of hydrogen-bond acceptors (Lipinski definition) is 4. The van der Waals surface area contributed by atoms with Crippen molar-refractivity contribution in [3.63, 3.8) is 0 Å². The molecular formula is C8H17NO4S. The molecule has 0 aliphatic carbocycles. The van der Waals surface area contributed by atoms with E-state index >= 15 is 0 Å². The van der Waals surface area contributed by atoms with Crippen molar-refractivity contribution in [2.45, 2.75) is 19.4 Å². The molecule has 0 heterocycles. The fourth-order valence-electron chi connectivity index (χ4n) is 0.797. The molecule has 1 atom stereocenters. The second kappa shape index (κ2) is 5.98. The van der Waals surface area contributed by atoms with E-state index in [4.69, 9.17) is 4.74 Å². The van der Waals surface area contributed by atoms with E-state index in [9.17, 15) is 13.2 Å². The largest absolute Gasteiger partial charge is 0.372 e. The zero-order valence-corrected chi connectivity index (χ0v) is 9.56. The van der Waals surface area contributed by atoms with Crippen LogP contribution in [0.5, 0.6) is 0 Å². The van der Waals surface area contributed by atoms with Gasteiger partial charge in [0.25, 0.3) is 0 Å². The maximum Gasteiger partial charge on any atom is 0.248 e. The van der Waals surface area contributed by atoms with E-state index in [0.717, 1.165) is 0 Å². The summed E-state index contributed by atoms with van der Waals surface area (Å²) in [7, 11) is -1.49. The molecule has 14 heavy (non-hydrogen) atoms. The van der Waals surface area contributed by atoms with Crippen LogP contribution in [0.1, 0.15) is 13.3 Å². The van der Waals surface area contributed by atoms with Crippen LogP contribution < -0.4 is 5.32 Å². The van der Waals surface area contributed by atoms with Gasteiger partial charge in [0, 0.05) is 19.9 Å². The average molecular weight is 223 g/mol. The first-order chi connectivity index (χ1) is 6.37. The Bertz CT molecular complexity index is 273. The third-order valence-electron chi connectivity index (χ3n) is 1.71. The summed E-state index contributed by atoms with van der Waals surface area (Å²) < 4.78 is 26.2. The molecule has 6 heteroatoms. The molecule has 0 aliphatic heterocycles. The first-order valence-corrected chi connectivity index (χ1v) is 6.41. The summed E-state index contributed by atoms with van der Waals surface area (Å²) in [5.74, 6) is -0.129. The van der Waals surface area contributed by atoms with Crippen LogP contribution in [0.4, 0.5) is 0 Å². The Morgan fingerprint density at radius 3 is 2.50 bits per heavy atom. The summed E-state index contributed by atoms with van der Waals surface area (Å²) in [6.07, 6.45) is 1.11. The molecule has 1 amide bonds. The molecular weight excluding hydrogens is 206 g/mol. The first kappa shape index (κ1) is 13.4. The Hall–Kier alpha value is -0.620. The fraction of sp³-hybridized carbons (Fsp3) is 0.875. The number of hydrogen-bond donors (Lipinski definition) is 1. The molecule has 0 bridgehead atoms. The van der Waals surface area contributed by atoms with Gasteiger partial charge in [0.15, 0.2) is 0 Å². The molecule has 0 radical (unpaired) electrons. The van der Waals surface area contributed by atoms with Crippen molar-refractivity contribution < 1.29 is 17.9 Å². The quantitative estimate of drug-likeness (QED) is 0.620. The van der Waals surface area contributed by atoms with Crippen LogP contribution in [-0.2, 0) is 19.4 Å². The minimum atomic E-state index is -2.93. The van der Waals surface area contributed by atoms with Gasteiger partial charge in [0.05, 0.1) is 5.75 Å². The van der Waals surface area contributed by atoms with E-state index in [1.54, 1.807) is 6.92 Å². The second-order valence-corrected chi connectivity index (χ2v) is 5.41. The van der Waals surface area contributed by atoms with Crippen LogP contribution in [0.15, 0.2) is 0 Å². The third-order valence-corrected chi connectivity index (χ3v) is 2.74. The van der Waals surface area contributed by atoms with E-state index in [1.807, 2.05) is 0 Å². The molecule has 5 nitrogen and oxygen atoms in total. The Morgan fingerprint density at radius 2 is 2.07 bits per heavy atom. The van der Waals surface area contributed by atoms with Gasteiger partial charge in [-0.05, 0) is 13.3 Å². The molecule has 0 saturated carbocycles. The van der Waals surface area contributed by atoms with Crippen molar-refractivity contribution in [3.05, 3.63) is 0 Å². The van der Waals surface area contributed by atoms with Crippen molar-refractivity contribution in [3.8, 4) is 0 Å². The molecule has 0 spiro atoms. The van der Waals surface area contributed by atoms with Gasteiger partial charge in [-0.25, -0.2) is 8.42 Å². The van der Waals surface area contributed by atoms with E-state index < -0.39 is 15.9 Å². The molecule has 0 rings (SSSR count). The lowest BCUT2D eigenvalue weighted by Crippen LogP contribution is -2.34. The molecule has 0 saturated heterocycles. The molecule has 0 aromatic heterocycles. The predicted octanol–water partition coefficient (Wildman–Crippen LogP) is -0.428. The number of carbonyl (C=O) groups is 1. The Kier molecular flexibility index (Phi) is 5.71. The fourth-order valence-corrected chi connectivity index (χ4v) is 1.47. The molecule has 1 unspecified atom stereocenters. The van der Waals surface area contributed by atoms with Gasteiger partial charge in [-0.1, -0.05) is 0 Å². The highest BCUT2D eigenvalue weighted by molar-refractivity contribution is 7.90. The van der Waals surface area contributed by atoms with Crippen LogP contribution in [0.25, 0.3) is 0 Å². The standard InChI is InChI=1S/C8H17NO4S/c1-7(13-2)8(10)9-5-4-6-14(3,11)12/h7H,4-6H2,1-3H3,(H,9,10). The van der Waals surface area contributed by atoms with Crippen molar-refractivity contribution in [2.75, 3.05) is 25.7 Å². The number of carbonyl (C=O) groups excluding carboxylic acids is 1. The van der Waals surface area contributed by atoms with Gasteiger partial charge in [-0.3, -0.25) is 4.79 Å². The average Bonchev–Trinajstić information content (AvgIpc) is 2.09. The summed E-state index contributed by atoms with van der Waals surface area (Å²) in [6, 6.07) is 0. The van der Waals surface area contributed by atoms with Gasteiger partial charge in [-0.15, -0.1) is 0 Å². The molecule has 1 N–H and O–H groups in total. The highest BCUT2D eigenvalue weighted by atomic mass is 32.2. The van der Waals surface area contributed by atoms with Crippen molar-refractivity contribution in [2.24, 2.45) is 0 Å². The van der Waals surface area contributed by atoms with Crippen molar-refractivity contribution in [1.82, 2.24) is 5.32 Å². The van der Waals surface area contributed by atoms with E-state index in [1.165, 1.54) is 13.4 Å². The Labute approximate surface area is 84.7 Å². The number of nitrogens with one attached hydrogen (secondary N) is 1. The Morgan fingerprint density at radius 1 is 1.50 bits per heavy atom. The lowest BCUT2D eigenvalue weighted by Gasteiger charge is -2.09. The normalized spacial score (nSPS) is 13.6. The van der Waals surface area contributed by atoms with E-state index in [-0.39, 0.29) is 11.7 Å². The first-order valence-electron chi connectivity index (χ1n) is 4.35. The molecule has 0 aromatic carbocycles. The summed E-state index contributed by atoms with van der Waals surface area (Å²) in [4.78, 5) is 11.1. The lowest BCUT2D eigenvalue weighted by molar-refractivity contribution is -0.130. The maximum absolute atomic E-state index is 11.1. The minimum absolute atomic E-state index is 0.0919. The summed E-state index contributed by atoms with van der Waals surface area (Å²) >= 11 is 0. The van der Waals surface area contributed by atoms with Gasteiger partial charge >= 0.3 is 0 Å². The van der Waals surface area contributed by atoms with E-state index in [0.29, 0.717) is 13.0 Å². The Balaban J connectivity index is 3.61. The van der Waals surface area contributed by atoms with Gasteiger partial charge < -0.3 is 10.1 Å². The van der Waals surface area contributed by atoms with E-state index in [2.05, 4.69) is 5.32 Å². The molecule has 0 aromatic rings. The highest BCUT2D eigenvalue weighted by Gasteiger charge is 2.10. The van der Waals surface area contributed by atoms with Crippen LogP contribution >= 0.6 is 0 Å². The maximum atomic E-state index is 11.1. The summed E-state index contributed by atoms with van der Waals surface area (Å²) in [6.45, 7) is 1.99. The molecule has 84 valence electrons. The minimum Gasteiger partial charge on any atom is -0.372 e. The van der Waals surface area contributed by atoms with Crippen molar-refractivity contribution >= 4 is 15.7 Å². The number of amides is 1. The van der Waals surface area contributed by atoms with Crippen LogP contribution in [0, 0.1) is 0 Å². The molecule has 0 aliphatic rings. The SMILES string of the molecule is COC(C)C(=O)NCCCS(C)(=O)=O. The second-order valence-electron chi connectivity index (χ2n) is 3.15. The van der Waals surface area contributed by atoms with Gasteiger partial charge in [0.1, 0.15) is 15.9 Å². The zero-order valence-electron chi connectivity index (χ0n) is 8.74. The van der Waals surface area contributed by atoms with Crippen LogP contribution in [-0.4, -0.2) is 46.1 Å². The van der Waals surface area contributed by atoms with Crippen molar-refractivity contribution in [1.29, 1.82) is 0 Å². The summed E-state index contributed by atoms with van der Waals surface area (Å²) in [5, 5.41) is 2.58. The zero-order chi connectivity index (χ0) is 11.2.